The van der Waals surface area contributed by atoms with E-state index < -0.39 is 0 Å². The van der Waals surface area contributed by atoms with Gasteiger partial charge in [-0.1, -0.05) is 13.8 Å². The number of hydrogen-bond donors (Lipinski definition) is 1. The molecule has 2 fully saturated rings. The highest BCUT2D eigenvalue weighted by Crippen LogP contribution is 2.58. The van der Waals surface area contributed by atoms with Crippen LogP contribution < -0.4 is 0 Å². The summed E-state index contributed by atoms with van der Waals surface area (Å²) in [5.74, 6) is 2.31. The molecule has 3 atom stereocenters. The van der Waals surface area contributed by atoms with Gasteiger partial charge in [0.05, 0.1) is 0 Å². The average molecular weight is 154 g/mol. The Bertz CT molecular complexity index is 162. The van der Waals surface area contributed by atoms with E-state index in [1.165, 1.54) is 19.3 Å². The number of aliphatic hydroxyl groups is 1. The Morgan fingerprint density at radius 3 is 2.36 bits per heavy atom. The molecule has 2 saturated carbocycles. The molecular weight excluding hydrogens is 136 g/mol. The molecule has 0 amide bonds. The third-order valence-electron chi connectivity index (χ3n) is 3.97. The maximum absolute atomic E-state index is 9.18. The summed E-state index contributed by atoms with van der Waals surface area (Å²) in [5.41, 5.74) is 0.524. The van der Waals surface area contributed by atoms with Crippen molar-refractivity contribution >= 4 is 0 Å². The van der Waals surface area contributed by atoms with Crippen LogP contribution in [0.5, 0.6) is 0 Å². The number of fused-ring (bicyclic) bond motifs is 2. The van der Waals surface area contributed by atoms with E-state index >= 15 is 0 Å². The van der Waals surface area contributed by atoms with E-state index in [9.17, 15) is 5.11 Å². The summed E-state index contributed by atoms with van der Waals surface area (Å²) in [7, 11) is 0. The molecule has 0 aromatic carbocycles. The monoisotopic (exact) mass is 154 g/mol. The van der Waals surface area contributed by atoms with Gasteiger partial charge in [0, 0.05) is 6.61 Å². The zero-order chi connectivity index (χ0) is 8.06. The maximum Gasteiger partial charge on any atom is 0.0464 e. The second-order valence-corrected chi connectivity index (χ2v) is 4.98. The zero-order valence-corrected chi connectivity index (χ0v) is 7.51. The summed E-state index contributed by atoms with van der Waals surface area (Å²) in [6.45, 7) is 5.15. The summed E-state index contributed by atoms with van der Waals surface area (Å²) in [4.78, 5) is 0. The van der Waals surface area contributed by atoms with E-state index in [0.717, 1.165) is 11.8 Å². The van der Waals surface area contributed by atoms with Crippen molar-refractivity contribution in [2.24, 2.45) is 23.2 Å². The Kier molecular flexibility index (Phi) is 1.54. The van der Waals surface area contributed by atoms with E-state index in [2.05, 4.69) is 13.8 Å². The maximum atomic E-state index is 9.18. The van der Waals surface area contributed by atoms with Crippen molar-refractivity contribution in [3.8, 4) is 0 Å². The molecule has 0 spiro atoms. The van der Waals surface area contributed by atoms with E-state index in [1.807, 2.05) is 0 Å². The van der Waals surface area contributed by atoms with Crippen LogP contribution in [0.25, 0.3) is 0 Å². The molecule has 2 aliphatic carbocycles. The molecule has 2 rings (SSSR count). The second kappa shape index (κ2) is 2.22. The van der Waals surface area contributed by atoms with Crippen molar-refractivity contribution in [3.63, 3.8) is 0 Å². The highest BCUT2D eigenvalue weighted by Gasteiger charge is 2.51. The highest BCUT2D eigenvalue weighted by molar-refractivity contribution is 5.00. The van der Waals surface area contributed by atoms with Gasteiger partial charge in [-0.05, 0) is 42.4 Å². The largest absolute Gasteiger partial charge is 0.396 e. The smallest absolute Gasteiger partial charge is 0.0464 e. The SMILES string of the molecule is CC1(C)CC2CCC1C2CO. The Balaban J connectivity index is 2.19. The average Bonchev–Trinajstić information content (AvgIpc) is 2.39. The summed E-state index contributed by atoms with van der Waals surface area (Å²) < 4.78 is 0. The van der Waals surface area contributed by atoms with Gasteiger partial charge >= 0.3 is 0 Å². The molecule has 0 radical (unpaired) electrons. The van der Waals surface area contributed by atoms with Crippen molar-refractivity contribution in [2.75, 3.05) is 6.61 Å². The molecule has 1 heteroatoms. The Morgan fingerprint density at radius 2 is 2.09 bits per heavy atom. The van der Waals surface area contributed by atoms with Gasteiger partial charge in [0.1, 0.15) is 0 Å². The van der Waals surface area contributed by atoms with Gasteiger partial charge in [-0.3, -0.25) is 0 Å². The van der Waals surface area contributed by atoms with Crippen molar-refractivity contribution < 1.29 is 5.11 Å². The normalized spacial score (nSPS) is 46.6. The quantitative estimate of drug-likeness (QED) is 0.613. The standard InChI is InChI=1S/C10H18O/c1-10(2)5-7-3-4-9(10)8(7)6-11/h7-9,11H,3-6H2,1-2H3. The van der Waals surface area contributed by atoms with Crippen LogP contribution in [0.2, 0.25) is 0 Å². The van der Waals surface area contributed by atoms with Crippen molar-refractivity contribution in [2.45, 2.75) is 33.1 Å². The fourth-order valence-electron chi connectivity index (χ4n) is 3.48. The molecule has 2 bridgehead atoms. The number of aliphatic hydroxyl groups excluding tert-OH is 1. The van der Waals surface area contributed by atoms with E-state index in [1.54, 1.807) is 0 Å². The Labute approximate surface area is 68.8 Å². The minimum Gasteiger partial charge on any atom is -0.396 e. The minimum atomic E-state index is 0.429. The molecule has 1 N–H and O–H groups in total. The van der Waals surface area contributed by atoms with Crippen LogP contribution in [-0.2, 0) is 0 Å². The lowest BCUT2D eigenvalue weighted by molar-refractivity contribution is 0.158. The molecule has 0 heterocycles. The van der Waals surface area contributed by atoms with Crippen LogP contribution in [-0.4, -0.2) is 11.7 Å². The van der Waals surface area contributed by atoms with Gasteiger partial charge in [0.15, 0.2) is 0 Å². The topological polar surface area (TPSA) is 20.2 Å². The first-order valence-electron chi connectivity index (χ1n) is 4.76. The molecule has 64 valence electrons. The molecule has 0 aliphatic heterocycles. The molecule has 11 heavy (non-hydrogen) atoms. The van der Waals surface area contributed by atoms with Crippen molar-refractivity contribution in [3.05, 3.63) is 0 Å². The molecule has 1 nitrogen and oxygen atoms in total. The fraction of sp³-hybridized carbons (Fsp3) is 1.00. The van der Waals surface area contributed by atoms with Crippen LogP contribution in [0, 0.1) is 23.2 Å². The molecule has 0 aromatic heterocycles. The van der Waals surface area contributed by atoms with Gasteiger partial charge in [-0.2, -0.15) is 0 Å². The van der Waals surface area contributed by atoms with Crippen molar-refractivity contribution in [1.29, 1.82) is 0 Å². The lowest BCUT2D eigenvalue weighted by atomic mass is 9.76. The lowest BCUT2D eigenvalue weighted by Gasteiger charge is -2.29. The second-order valence-electron chi connectivity index (χ2n) is 4.98. The van der Waals surface area contributed by atoms with Gasteiger partial charge in [0.25, 0.3) is 0 Å². The first kappa shape index (κ1) is 7.60. The zero-order valence-electron chi connectivity index (χ0n) is 7.51. The summed E-state index contributed by atoms with van der Waals surface area (Å²) in [6, 6.07) is 0. The molecule has 0 aromatic rings. The van der Waals surface area contributed by atoms with E-state index in [-0.39, 0.29) is 0 Å². The van der Waals surface area contributed by atoms with Crippen LogP contribution in [0.4, 0.5) is 0 Å². The third kappa shape index (κ3) is 0.936. The molecule has 3 unspecified atom stereocenters. The Morgan fingerprint density at radius 1 is 1.36 bits per heavy atom. The first-order chi connectivity index (χ1) is 5.15. The fourth-order valence-corrected chi connectivity index (χ4v) is 3.48. The van der Waals surface area contributed by atoms with Gasteiger partial charge in [0.2, 0.25) is 0 Å². The lowest BCUT2D eigenvalue weighted by Crippen LogP contribution is -2.22. The Hall–Kier alpha value is -0.0400. The van der Waals surface area contributed by atoms with E-state index in [4.69, 9.17) is 0 Å². The van der Waals surface area contributed by atoms with Gasteiger partial charge in [-0.25, -0.2) is 0 Å². The summed E-state index contributed by atoms with van der Waals surface area (Å²) >= 11 is 0. The van der Waals surface area contributed by atoms with Crippen LogP contribution >= 0.6 is 0 Å². The van der Waals surface area contributed by atoms with Crippen LogP contribution in [0.15, 0.2) is 0 Å². The molecule has 0 saturated heterocycles. The predicted octanol–water partition coefficient (Wildman–Crippen LogP) is 2.05. The summed E-state index contributed by atoms with van der Waals surface area (Å²) in [6.07, 6.45) is 4.09. The highest BCUT2D eigenvalue weighted by atomic mass is 16.3. The molecule has 2 aliphatic rings. The van der Waals surface area contributed by atoms with Crippen LogP contribution in [0.1, 0.15) is 33.1 Å². The van der Waals surface area contributed by atoms with Gasteiger partial charge in [-0.15, -0.1) is 0 Å². The first-order valence-corrected chi connectivity index (χ1v) is 4.76. The van der Waals surface area contributed by atoms with Gasteiger partial charge < -0.3 is 5.11 Å². The van der Waals surface area contributed by atoms with Crippen molar-refractivity contribution in [1.82, 2.24) is 0 Å². The third-order valence-corrected chi connectivity index (χ3v) is 3.97. The number of rotatable bonds is 1. The summed E-state index contributed by atoms with van der Waals surface area (Å²) in [5, 5.41) is 9.18. The number of hydrogen-bond acceptors (Lipinski definition) is 1. The van der Waals surface area contributed by atoms with Crippen LogP contribution in [0.3, 0.4) is 0 Å². The van der Waals surface area contributed by atoms with E-state index in [0.29, 0.717) is 17.9 Å². The predicted molar refractivity (Wildman–Crippen MR) is 45.2 cm³/mol. The minimum absolute atomic E-state index is 0.429. The molecular formula is C10H18O.